The Morgan fingerprint density at radius 3 is 2.71 bits per heavy atom. The summed E-state index contributed by atoms with van der Waals surface area (Å²) < 4.78 is 15.8. The van der Waals surface area contributed by atoms with Crippen LogP contribution in [0.1, 0.15) is 23.1 Å². The number of pyridine rings is 1. The number of halogens is 1. The third kappa shape index (κ3) is 4.27. The number of hydrogen-bond acceptors (Lipinski definition) is 9. The molecule has 0 radical (unpaired) electrons. The number of aromatic nitrogens is 2. The van der Waals surface area contributed by atoms with Crippen LogP contribution in [0.2, 0.25) is 0 Å². The smallest absolute Gasteiger partial charge is 0.357 e. The Balaban J connectivity index is 0.00000280. The van der Waals surface area contributed by atoms with E-state index in [1.807, 2.05) is 6.07 Å². The van der Waals surface area contributed by atoms with Gasteiger partial charge in [0.2, 0.25) is 0 Å². The number of carbonyl (C=O) groups excluding carboxylic acids is 1. The van der Waals surface area contributed by atoms with E-state index in [4.69, 9.17) is 19.9 Å². The Morgan fingerprint density at radius 1 is 1.29 bits per heavy atom. The Labute approximate surface area is 172 Å². The van der Waals surface area contributed by atoms with Gasteiger partial charge in [-0.3, -0.25) is 4.98 Å². The molecule has 3 aromatic rings. The van der Waals surface area contributed by atoms with E-state index in [0.717, 1.165) is 10.8 Å². The molecule has 2 aromatic heterocycles. The number of benzene rings is 1. The number of thiazole rings is 1. The molecule has 0 unspecified atom stereocenters. The predicted octanol–water partition coefficient (Wildman–Crippen LogP) is 3.51. The van der Waals surface area contributed by atoms with Crippen LogP contribution in [0.25, 0.3) is 10.8 Å². The molecule has 0 aliphatic carbocycles. The molecule has 8 nitrogen and oxygen atoms in total. The number of nitrogens with one attached hydrogen (secondary N) is 1. The maximum absolute atomic E-state index is 11.8. The zero-order valence-corrected chi connectivity index (χ0v) is 17.3. The van der Waals surface area contributed by atoms with Crippen molar-refractivity contribution in [3.05, 3.63) is 35.1 Å². The zero-order chi connectivity index (χ0) is 19.4. The third-order valence-electron chi connectivity index (χ3n) is 3.88. The van der Waals surface area contributed by atoms with Crippen molar-refractivity contribution in [1.29, 1.82) is 0 Å². The lowest BCUT2D eigenvalue weighted by molar-refractivity contribution is 0.0520. The van der Waals surface area contributed by atoms with E-state index >= 15 is 0 Å². The second-order valence-electron chi connectivity index (χ2n) is 5.46. The standard InChI is InChI=1S/C18H20N4O4S.ClH/c1-4-26-17(23)14-9-27-18(22-14)21-13-8-20-12(7-19)16-11(13)5-10(24-2)6-15(16)25-3;/h5-6,8-9H,4,7,19H2,1-3H3,(H,21,22);1H. The van der Waals surface area contributed by atoms with Gasteiger partial charge in [-0.25, -0.2) is 9.78 Å². The molecule has 28 heavy (non-hydrogen) atoms. The summed E-state index contributed by atoms with van der Waals surface area (Å²) in [7, 11) is 3.17. The highest BCUT2D eigenvalue weighted by atomic mass is 35.5. The lowest BCUT2D eigenvalue weighted by Gasteiger charge is -2.14. The topological polar surface area (TPSA) is 109 Å². The maximum atomic E-state index is 11.8. The molecule has 10 heteroatoms. The Morgan fingerprint density at radius 2 is 2.07 bits per heavy atom. The van der Waals surface area contributed by atoms with Crippen molar-refractivity contribution in [2.75, 3.05) is 26.1 Å². The highest BCUT2D eigenvalue weighted by molar-refractivity contribution is 7.14. The second-order valence-corrected chi connectivity index (χ2v) is 6.32. The van der Waals surface area contributed by atoms with Crippen LogP contribution in [0.3, 0.4) is 0 Å². The fourth-order valence-corrected chi connectivity index (χ4v) is 3.35. The summed E-state index contributed by atoms with van der Waals surface area (Å²) in [4.78, 5) is 20.5. The second kappa shape index (κ2) is 9.54. The molecule has 0 atom stereocenters. The quantitative estimate of drug-likeness (QED) is 0.554. The Hall–Kier alpha value is -2.62. The Kier molecular flexibility index (Phi) is 7.38. The number of carbonyl (C=O) groups is 1. The SMILES string of the molecule is CCOC(=O)c1csc(Nc2cnc(CN)c3c(OC)cc(OC)cc23)n1.Cl. The van der Waals surface area contributed by atoms with Gasteiger partial charge in [0.1, 0.15) is 11.5 Å². The van der Waals surface area contributed by atoms with Gasteiger partial charge in [0.15, 0.2) is 10.8 Å². The zero-order valence-electron chi connectivity index (χ0n) is 15.6. The van der Waals surface area contributed by atoms with Gasteiger partial charge in [-0.15, -0.1) is 23.7 Å². The molecule has 0 aliphatic heterocycles. The van der Waals surface area contributed by atoms with E-state index in [9.17, 15) is 4.79 Å². The first-order chi connectivity index (χ1) is 13.1. The van der Waals surface area contributed by atoms with Crippen molar-refractivity contribution in [3.8, 4) is 11.5 Å². The van der Waals surface area contributed by atoms with E-state index in [1.165, 1.54) is 11.3 Å². The van der Waals surface area contributed by atoms with Crippen molar-refractivity contribution in [3.63, 3.8) is 0 Å². The van der Waals surface area contributed by atoms with E-state index in [1.54, 1.807) is 38.8 Å². The molecule has 0 saturated heterocycles. The van der Waals surface area contributed by atoms with Crippen molar-refractivity contribution in [2.45, 2.75) is 13.5 Å². The number of hydrogen-bond donors (Lipinski definition) is 2. The largest absolute Gasteiger partial charge is 0.497 e. The predicted molar refractivity (Wildman–Crippen MR) is 111 cm³/mol. The molecule has 0 bridgehead atoms. The number of fused-ring (bicyclic) bond motifs is 1. The molecule has 0 saturated carbocycles. The summed E-state index contributed by atoms with van der Waals surface area (Å²) >= 11 is 1.30. The third-order valence-corrected chi connectivity index (χ3v) is 4.64. The molecular weight excluding hydrogens is 404 g/mol. The molecule has 3 N–H and O–H groups in total. The van der Waals surface area contributed by atoms with Crippen molar-refractivity contribution in [2.24, 2.45) is 5.73 Å². The molecular formula is C18H21ClN4O4S. The van der Waals surface area contributed by atoms with Gasteiger partial charge in [0, 0.05) is 28.8 Å². The molecule has 0 fully saturated rings. The summed E-state index contributed by atoms with van der Waals surface area (Å²) in [6.07, 6.45) is 1.68. The number of nitrogens with zero attached hydrogens (tertiary/aromatic N) is 2. The van der Waals surface area contributed by atoms with Crippen LogP contribution in [0.4, 0.5) is 10.8 Å². The summed E-state index contributed by atoms with van der Waals surface area (Å²) in [5, 5.41) is 7.02. The van der Waals surface area contributed by atoms with Crippen LogP contribution < -0.4 is 20.5 Å². The minimum atomic E-state index is -0.452. The summed E-state index contributed by atoms with van der Waals surface area (Å²) in [6, 6.07) is 3.66. The summed E-state index contributed by atoms with van der Waals surface area (Å²) in [6.45, 7) is 2.32. The highest BCUT2D eigenvalue weighted by Crippen LogP contribution is 2.37. The highest BCUT2D eigenvalue weighted by Gasteiger charge is 2.16. The van der Waals surface area contributed by atoms with Crippen molar-refractivity contribution in [1.82, 2.24) is 9.97 Å². The molecule has 2 heterocycles. The molecule has 150 valence electrons. The molecule has 0 spiro atoms. The normalized spacial score (nSPS) is 10.3. The number of methoxy groups -OCH3 is 2. The van der Waals surface area contributed by atoms with E-state index in [2.05, 4.69) is 15.3 Å². The molecule has 3 rings (SSSR count). The van der Waals surface area contributed by atoms with E-state index in [0.29, 0.717) is 34.6 Å². The fraction of sp³-hybridized carbons (Fsp3) is 0.278. The number of ether oxygens (including phenoxy) is 3. The van der Waals surface area contributed by atoms with Gasteiger partial charge in [0.05, 0.1) is 38.4 Å². The molecule has 1 aromatic carbocycles. The van der Waals surface area contributed by atoms with Gasteiger partial charge >= 0.3 is 5.97 Å². The van der Waals surface area contributed by atoms with Crippen molar-refractivity contribution < 1.29 is 19.0 Å². The molecule has 0 aliphatic rings. The van der Waals surface area contributed by atoms with Crippen LogP contribution in [0, 0.1) is 0 Å². The van der Waals surface area contributed by atoms with Gasteiger partial charge < -0.3 is 25.3 Å². The summed E-state index contributed by atoms with van der Waals surface area (Å²) in [5.41, 5.74) is 7.51. The van der Waals surface area contributed by atoms with Crippen LogP contribution in [0.5, 0.6) is 11.5 Å². The molecule has 0 amide bonds. The average Bonchev–Trinajstić information content (AvgIpc) is 3.16. The van der Waals surface area contributed by atoms with Gasteiger partial charge in [0.25, 0.3) is 0 Å². The first kappa shape index (κ1) is 21.7. The van der Waals surface area contributed by atoms with E-state index in [-0.39, 0.29) is 24.6 Å². The van der Waals surface area contributed by atoms with Crippen LogP contribution in [-0.4, -0.2) is 36.8 Å². The maximum Gasteiger partial charge on any atom is 0.357 e. The van der Waals surface area contributed by atoms with Gasteiger partial charge in [-0.05, 0) is 13.0 Å². The fourth-order valence-electron chi connectivity index (χ4n) is 2.66. The Bertz CT molecular complexity index is 980. The first-order valence-corrected chi connectivity index (χ1v) is 9.12. The number of rotatable bonds is 7. The van der Waals surface area contributed by atoms with Crippen LogP contribution >= 0.6 is 23.7 Å². The van der Waals surface area contributed by atoms with Crippen molar-refractivity contribution >= 4 is 51.3 Å². The summed E-state index contributed by atoms with van der Waals surface area (Å²) in [5.74, 6) is 0.807. The van der Waals surface area contributed by atoms with Crippen LogP contribution in [-0.2, 0) is 11.3 Å². The number of esters is 1. The minimum Gasteiger partial charge on any atom is -0.497 e. The van der Waals surface area contributed by atoms with Gasteiger partial charge in [-0.2, -0.15) is 0 Å². The lowest BCUT2D eigenvalue weighted by Crippen LogP contribution is -2.05. The number of nitrogens with two attached hydrogens (primary N) is 1. The van der Waals surface area contributed by atoms with Crippen LogP contribution in [0.15, 0.2) is 23.7 Å². The average molecular weight is 425 g/mol. The first-order valence-electron chi connectivity index (χ1n) is 8.24. The monoisotopic (exact) mass is 424 g/mol. The minimum absolute atomic E-state index is 0. The lowest BCUT2D eigenvalue weighted by atomic mass is 10.1. The van der Waals surface area contributed by atoms with E-state index < -0.39 is 5.97 Å². The van der Waals surface area contributed by atoms with Gasteiger partial charge in [-0.1, -0.05) is 0 Å². The number of anilines is 2.